The van der Waals surface area contributed by atoms with Crippen LogP contribution in [0.1, 0.15) is 65.2 Å². The van der Waals surface area contributed by atoms with Crippen LogP contribution in [-0.2, 0) is 9.47 Å². The van der Waals surface area contributed by atoms with Crippen LogP contribution in [0.25, 0.3) is 0 Å². The first-order valence-corrected chi connectivity index (χ1v) is 11.7. The summed E-state index contributed by atoms with van der Waals surface area (Å²) in [7, 11) is 0. The lowest BCUT2D eigenvalue weighted by Crippen LogP contribution is -2.39. The zero-order valence-corrected chi connectivity index (χ0v) is 18.9. The van der Waals surface area contributed by atoms with Crippen molar-refractivity contribution in [2.24, 2.45) is 0 Å². The molecule has 6 nitrogen and oxygen atoms in total. The van der Waals surface area contributed by atoms with Crippen LogP contribution < -0.4 is 10.1 Å². The number of carbonyl (C=O) groups is 1. The number of rotatable bonds is 13. The van der Waals surface area contributed by atoms with E-state index in [1.165, 1.54) is 25.7 Å². The second kappa shape index (κ2) is 15.1. The highest BCUT2D eigenvalue weighted by molar-refractivity contribution is 5.86. The third-order valence-corrected chi connectivity index (χ3v) is 5.22. The van der Waals surface area contributed by atoms with E-state index >= 15 is 0 Å². The van der Waals surface area contributed by atoms with E-state index in [0.29, 0.717) is 37.8 Å². The molecule has 1 saturated heterocycles. The third-order valence-electron chi connectivity index (χ3n) is 5.22. The predicted molar refractivity (Wildman–Crippen MR) is 121 cm³/mol. The van der Waals surface area contributed by atoms with E-state index < -0.39 is 6.09 Å². The standard InChI is InChI=1S/C24H40N2O4/c1-3-5-12-18-29-23-14-9-8-13-22(23)25-24(27)30-21(20-28-17-4-2)19-26-15-10-6-7-11-16-26/h8-9,13-14,21H,3-7,10-12,15-20H2,1-2H3,(H,25,27). The molecule has 30 heavy (non-hydrogen) atoms. The van der Waals surface area contributed by atoms with Crippen LogP contribution in [0.3, 0.4) is 0 Å². The summed E-state index contributed by atoms with van der Waals surface area (Å²) in [6, 6.07) is 7.51. The number of unbranched alkanes of at least 4 members (excludes halogenated alkanes) is 2. The number of ether oxygens (including phenoxy) is 3. The third kappa shape index (κ3) is 9.81. The van der Waals surface area contributed by atoms with Crippen LogP contribution >= 0.6 is 0 Å². The molecule has 1 aromatic carbocycles. The van der Waals surface area contributed by atoms with Gasteiger partial charge in [-0.2, -0.15) is 0 Å². The van der Waals surface area contributed by atoms with Crippen molar-refractivity contribution in [1.29, 1.82) is 0 Å². The van der Waals surface area contributed by atoms with Gasteiger partial charge < -0.3 is 14.2 Å². The molecule has 1 aliphatic heterocycles. The number of anilines is 1. The average Bonchev–Trinajstić information content (AvgIpc) is 3.01. The lowest BCUT2D eigenvalue weighted by Gasteiger charge is -2.26. The Morgan fingerprint density at radius 2 is 1.80 bits per heavy atom. The van der Waals surface area contributed by atoms with Crippen molar-refractivity contribution < 1.29 is 19.0 Å². The summed E-state index contributed by atoms with van der Waals surface area (Å²) in [5, 5.41) is 2.86. The van der Waals surface area contributed by atoms with Crippen LogP contribution in [-0.4, -0.2) is 56.6 Å². The van der Waals surface area contributed by atoms with Gasteiger partial charge in [-0.1, -0.05) is 51.7 Å². The SMILES string of the molecule is CCCCCOc1ccccc1NC(=O)OC(COCCC)CN1CCCCCC1. The van der Waals surface area contributed by atoms with Gasteiger partial charge in [0.25, 0.3) is 0 Å². The molecular weight excluding hydrogens is 380 g/mol. The van der Waals surface area contributed by atoms with Gasteiger partial charge in [-0.05, 0) is 50.9 Å². The van der Waals surface area contributed by atoms with Crippen LogP contribution in [0.4, 0.5) is 10.5 Å². The maximum atomic E-state index is 12.6. The Morgan fingerprint density at radius 1 is 1.03 bits per heavy atom. The number of benzene rings is 1. The second-order valence-corrected chi connectivity index (χ2v) is 7.99. The molecule has 6 heteroatoms. The van der Waals surface area contributed by atoms with E-state index in [4.69, 9.17) is 14.2 Å². The highest BCUT2D eigenvalue weighted by Crippen LogP contribution is 2.24. The molecule has 0 aliphatic carbocycles. The molecule has 0 bridgehead atoms. The summed E-state index contributed by atoms with van der Waals surface area (Å²) in [6.07, 6.45) is 8.46. The average molecular weight is 421 g/mol. The summed E-state index contributed by atoms with van der Waals surface area (Å²) >= 11 is 0. The highest BCUT2D eigenvalue weighted by atomic mass is 16.6. The van der Waals surface area contributed by atoms with Gasteiger partial charge in [0.05, 0.1) is 18.9 Å². The minimum atomic E-state index is -0.459. The van der Waals surface area contributed by atoms with Crippen LogP contribution in [0.5, 0.6) is 5.75 Å². The number of para-hydroxylation sites is 2. The minimum absolute atomic E-state index is 0.285. The van der Waals surface area contributed by atoms with Crippen LogP contribution in [0.2, 0.25) is 0 Å². The molecule has 1 amide bonds. The number of likely N-dealkylation sites (tertiary alicyclic amines) is 1. The van der Waals surface area contributed by atoms with E-state index in [-0.39, 0.29) is 6.10 Å². The van der Waals surface area contributed by atoms with Gasteiger partial charge in [0, 0.05) is 13.2 Å². The van der Waals surface area contributed by atoms with Gasteiger partial charge in [0.15, 0.2) is 0 Å². The van der Waals surface area contributed by atoms with Crippen LogP contribution in [0, 0.1) is 0 Å². The Bertz CT molecular complexity index is 588. The van der Waals surface area contributed by atoms with Crippen molar-refractivity contribution in [3.8, 4) is 5.75 Å². The Balaban J connectivity index is 1.90. The van der Waals surface area contributed by atoms with Crippen molar-refractivity contribution in [1.82, 2.24) is 4.90 Å². The van der Waals surface area contributed by atoms with Gasteiger partial charge in [-0.25, -0.2) is 4.79 Å². The maximum absolute atomic E-state index is 12.6. The Morgan fingerprint density at radius 3 is 2.53 bits per heavy atom. The van der Waals surface area contributed by atoms with E-state index in [1.807, 2.05) is 24.3 Å². The quantitative estimate of drug-likeness (QED) is 0.429. The van der Waals surface area contributed by atoms with Gasteiger partial charge >= 0.3 is 6.09 Å². The van der Waals surface area contributed by atoms with Crippen molar-refractivity contribution >= 4 is 11.8 Å². The molecule has 1 atom stereocenters. The number of nitrogens with zero attached hydrogens (tertiary/aromatic N) is 1. The second-order valence-electron chi connectivity index (χ2n) is 7.99. The highest BCUT2D eigenvalue weighted by Gasteiger charge is 2.20. The first-order chi connectivity index (χ1) is 14.7. The summed E-state index contributed by atoms with van der Waals surface area (Å²) in [5.41, 5.74) is 0.641. The van der Waals surface area contributed by atoms with E-state index in [0.717, 1.165) is 38.8 Å². The lowest BCUT2D eigenvalue weighted by molar-refractivity contribution is 0.00799. The number of carbonyl (C=O) groups excluding carboxylic acids is 1. The molecule has 1 N–H and O–H groups in total. The zero-order valence-electron chi connectivity index (χ0n) is 18.9. The first-order valence-electron chi connectivity index (χ1n) is 11.7. The molecule has 1 heterocycles. The minimum Gasteiger partial charge on any atom is -0.491 e. The maximum Gasteiger partial charge on any atom is 0.412 e. The molecule has 1 aromatic rings. The predicted octanol–water partition coefficient (Wildman–Crippen LogP) is 5.48. The lowest BCUT2D eigenvalue weighted by atomic mass is 10.2. The molecule has 0 spiro atoms. The summed E-state index contributed by atoms with van der Waals surface area (Å²) in [5.74, 6) is 0.678. The molecule has 0 saturated carbocycles. The van der Waals surface area contributed by atoms with Crippen LogP contribution in [0.15, 0.2) is 24.3 Å². The molecular formula is C24H40N2O4. The zero-order chi connectivity index (χ0) is 21.4. The molecule has 1 fully saturated rings. The van der Waals surface area contributed by atoms with Gasteiger partial charge in [-0.3, -0.25) is 10.2 Å². The van der Waals surface area contributed by atoms with Gasteiger partial charge in [0.2, 0.25) is 0 Å². The molecule has 2 rings (SSSR count). The van der Waals surface area contributed by atoms with Gasteiger partial charge in [0.1, 0.15) is 11.9 Å². The smallest absolute Gasteiger partial charge is 0.412 e. The molecule has 170 valence electrons. The fraction of sp³-hybridized carbons (Fsp3) is 0.708. The molecule has 1 aliphatic rings. The summed E-state index contributed by atoms with van der Waals surface area (Å²) < 4.78 is 17.3. The van der Waals surface area contributed by atoms with Crippen molar-refractivity contribution in [2.45, 2.75) is 71.3 Å². The van der Waals surface area contributed by atoms with Gasteiger partial charge in [-0.15, -0.1) is 0 Å². The largest absolute Gasteiger partial charge is 0.491 e. The fourth-order valence-electron chi connectivity index (χ4n) is 3.61. The van der Waals surface area contributed by atoms with Crippen molar-refractivity contribution in [3.05, 3.63) is 24.3 Å². The normalized spacial score (nSPS) is 15.9. The molecule has 0 aromatic heterocycles. The topological polar surface area (TPSA) is 60.0 Å². The van der Waals surface area contributed by atoms with E-state index in [9.17, 15) is 4.79 Å². The Labute approximate surface area is 182 Å². The number of nitrogens with one attached hydrogen (secondary N) is 1. The first kappa shape index (κ1) is 24.5. The summed E-state index contributed by atoms with van der Waals surface area (Å²) in [4.78, 5) is 15.0. The monoisotopic (exact) mass is 420 g/mol. The number of amides is 1. The van der Waals surface area contributed by atoms with Crippen molar-refractivity contribution in [3.63, 3.8) is 0 Å². The number of hydrogen-bond acceptors (Lipinski definition) is 5. The molecule has 1 unspecified atom stereocenters. The summed E-state index contributed by atoms with van der Waals surface area (Å²) in [6.45, 7) is 8.82. The molecule has 0 radical (unpaired) electrons. The van der Waals surface area contributed by atoms with Crippen molar-refractivity contribution in [2.75, 3.05) is 44.8 Å². The Kier molecular flexibility index (Phi) is 12.3. The Hall–Kier alpha value is -1.79. The van der Waals surface area contributed by atoms with E-state index in [2.05, 4.69) is 24.1 Å². The number of hydrogen-bond donors (Lipinski definition) is 1. The van der Waals surface area contributed by atoms with E-state index in [1.54, 1.807) is 0 Å². The fourth-order valence-corrected chi connectivity index (χ4v) is 3.61.